The Bertz CT molecular complexity index is 1040. The maximum absolute atomic E-state index is 13.0. The molecule has 0 saturated heterocycles. The lowest BCUT2D eigenvalue weighted by Gasteiger charge is -2.14. The predicted octanol–water partition coefficient (Wildman–Crippen LogP) is 4.86. The Morgan fingerprint density at radius 2 is 1.89 bits per heavy atom. The first-order valence-corrected chi connectivity index (χ1v) is 9.36. The van der Waals surface area contributed by atoms with Gasteiger partial charge in [-0.1, -0.05) is 28.1 Å². The fraction of sp³-hybridized carbons (Fsp3) is 0.238. The van der Waals surface area contributed by atoms with Crippen LogP contribution < -0.4 is 10.2 Å². The first-order valence-electron chi connectivity index (χ1n) is 8.57. The quantitative estimate of drug-likeness (QED) is 0.540. The molecule has 0 N–H and O–H groups in total. The zero-order valence-electron chi connectivity index (χ0n) is 15.2. The van der Waals surface area contributed by atoms with Crippen LogP contribution in [-0.2, 0) is 9.53 Å². The maximum Gasteiger partial charge on any atom is 0.347 e. The summed E-state index contributed by atoms with van der Waals surface area (Å²) in [5, 5.41) is 0.453. The Labute approximate surface area is 165 Å². The normalized spacial score (nSPS) is 12.0. The van der Waals surface area contributed by atoms with E-state index in [-0.39, 0.29) is 12.0 Å². The van der Waals surface area contributed by atoms with E-state index >= 15 is 0 Å². The molecular weight excluding hydrogens is 412 g/mol. The van der Waals surface area contributed by atoms with E-state index in [0.717, 1.165) is 10.0 Å². The summed E-state index contributed by atoms with van der Waals surface area (Å²) in [5.74, 6) is 0.508. The van der Waals surface area contributed by atoms with E-state index in [2.05, 4.69) is 15.9 Å². The zero-order chi connectivity index (χ0) is 19.6. The van der Waals surface area contributed by atoms with Crippen LogP contribution in [-0.4, -0.2) is 18.7 Å². The average Bonchev–Trinajstić information content (AvgIpc) is 2.63. The van der Waals surface area contributed by atoms with Crippen LogP contribution in [0.4, 0.5) is 0 Å². The largest absolute Gasteiger partial charge is 0.479 e. The highest BCUT2D eigenvalue weighted by molar-refractivity contribution is 9.10. The Morgan fingerprint density at radius 3 is 2.56 bits per heavy atom. The SMILES string of the molecule is CCOC(=O)C(C)Oc1ccc2c(=O)c(-c3ccc(Br)cc3)c(C)oc2c1. The molecule has 3 aromatic rings. The molecule has 0 aliphatic carbocycles. The Morgan fingerprint density at radius 1 is 1.19 bits per heavy atom. The molecule has 0 saturated carbocycles. The minimum Gasteiger partial charge on any atom is -0.479 e. The lowest BCUT2D eigenvalue weighted by atomic mass is 10.0. The summed E-state index contributed by atoms with van der Waals surface area (Å²) in [6.45, 7) is 5.39. The molecule has 0 spiro atoms. The summed E-state index contributed by atoms with van der Waals surface area (Å²) in [7, 11) is 0. The average molecular weight is 431 g/mol. The van der Waals surface area contributed by atoms with Crippen LogP contribution in [0.2, 0.25) is 0 Å². The molecule has 0 fully saturated rings. The summed E-state index contributed by atoms with van der Waals surface area (Å²) in [5.41, 5.74) is 1.62. The van der Waals surface area contributed by atoms with Gasteiger partial charge in [-0.2, -0.15) is 0 Å². The van der Waals surface area contributed by atoms with Gasteiger partial charge in [0.1, 0.15) is 17.1 Å². The number of carbonyl (C=O) groups is 1. The zero-order valence-corrected chi connectivity index (χ0v) is 16.8. The number of hydrogen-bond donors (Lipinski definition) is 0. The molecule has 0 amide bonds. The summed E-state index contributed by atoms with van der Waals surface area (Å²) in [6, 6.07) is 12.4. The fourth-order valence-electron chi connectivity index (χ4n) is 2.82. The van der Waals surface area contributed by atoms with Crippen LogP contribution in [0.25, 0.3) is 22.1 Å². The second-order valence-corrected chi connectivity index (χ2v) is 6.96. The minimum absolute atomic E-state index is 0.110. The molecule has 0 radical (unpaired) electrons. The van der Waals surface area contributed by atoms with Crippen molar-refractivity contribution < 1.29 is 18.7 Å². The predicted molar refractivity (Wildman–Crippen MR) is 107 cm³/mol. The highest BCUT2D eigenvalue weighted by atomic mass is 79.9. The van der Waals surface area contributed by atoms with Crippen LogP contribution >= 0.6 is 15.9 Å². The third-order valence-electron chi connectivity index (χ3n) is 4.10. The molecule has 3 rings (SSSR count). The first kappa shape index (κ1) is 19.2. The third-order valence-corrected chi connectivity index (χ3v) is 4.63. The van der Waals surface area contributed by atoms with Gasteiger partial charge in [-0.25, -0.2) is 4.79 Å². The van der Waals surface area contributed by atoms with Crippen molar-refractivity contribution in [3.63, 3.8) is 0 Å². The second kappa shape index (κ2) is 7.96. The van der Waals surface area contributed by atoms with E-state index in [0.29, 0.717) is 28.0 Å². The van der Waals surface area contributed by atoms with Gasteiger partial charge in [-0.05, 0) is 50.6 Å². The van der Waals surface area contributed by atoms with E-state index < -0.39 is 12.1 Å². The first-order chi connectivity index (χ1) is 12.9. The minimum atomic E-state index is -0.753. The molecule has 27 heavy (non-hydrogen) atoms. The van der Waals surface area contributed by atoms with E-state index in [1.54, 1.807) is 39.0 Å². The van der Waals surface area contributed by atoms with Gasteiger partial charge in [0, 0.05) is 10.5 Å². The molecule has 6 heteroatoms. The van der Waals surface area contributed by atoms with Crippen molar-refractivity contribution in [1.82, 2.24) is 0 Å². The second-order valence-electron chi connectivity index (χ2n) is 6.04. The van der Waals surface area contributed by atoms with Gasteiger partial charge in [0.25, 0.3) is 0 Å². The van der Waals surface area contributed by atoms with Crippen molar-refractivity contribution in [3.05, 3.63) is 62.9 Å². The van der Waals surface area contributed by atoms with E-state index in [4.69, 9.17) is 13.9 Å². The Hall–Kier alpha value is -2.60. The van der Waals surface area contributed by atoms with Crippen molar-refractivity contribution in [3.8, 4) is 16.9 Å². The smallest absolute Gasteiger partial charge is 0.347 e. The van der Waals surface area contributed by atoms with Crippen LogP contribution in [0.5, 0.6) is 5.75 Å². The number of rotatable bonds is 5. The highest BCUT2D eigenvalue weighted by Gasteiger charge is 2.18. The van der Waals surface area contributed by atoms with E-state index in [1.165, 1.54) is 0 Å². The third kappa shape index (κ3) is 4.06. The summed E-state index contributed by atoms with van der Waals surface area (Å²) >= 11 is 3.39. The molecule has 2 aromatic carbocycles. The lowest BCUT2D eigenvalue weighted by Crippen LogP contribution is -2.26. The molecule has 5 nitrogen and oxygen atoms in total. The lowest BCUT2D eigenvalue weighted by molar-refractivity contribution is -0.150. The molecule has 0 aliphatic rings. The molecule has 1 unspecified atom stereocenters. The number of benzene rings is 2. The fourth-order valence-corrected chi connectivity index (χ4v) is 3.09. The summed E-state index contributed by atoms with van der Waals surface area (Å²) < 4.78 is 17.4. The van der Waals surface area contributed by atoms with Crippen molar-refractivity contribution in [2.45, 2.75) is 26.9 Å². The number of ether oxygens (including phenoxy) is 2. The van der Waals surface area contributed by atoms with Crippen LogP contribution in [0.3, 0.4) is 0 Å². The molecule has 1 heterocycles. The number of hydrogen-bond acceptors (Lipinski definition) is 5. The summed E-state index contributed by atoms with van der Waals surface area (Å²) in [4.78, 5) is 24.7. The van der Waals surface area contributed by atoms with Gasteiger partial charge in [0.15, 0.2) is 6.10 Å². The Balaban J connectivity index is 2.00. The van der Waals surface area contributed by atoms with Gasteiger partial charge in [-0.15, -0.1) is 0 Å². The molecule has 140 valence electrons. The van der Waals surface area contributed by atoms with Crippen molar-refractivity contribution in [2.75, 3.05) is 6.61 Å². The van der Waals surface area contributed by atoms with Gasteiger partial charge < -0.3 is 13.9 Å². The maximum atomic E-state index is 13.0. The molecule has 0 aliphatic heterocycles. The molecule has 1 atom stereocenters. The van der Waals surface area contributed by atoms with Crippen molar-refractivity contribution in [1.29, 1.82) is 0 Å². The molecule has 0 bridgehead atoms. The Kier molecular flexibility index (Phi) is 5.65. The monoisotopic (exact) mass is 430 g/mol. The standard InChI is InChI=1S/C21H19BrO5/c1-4-25-21(24)13(3)26-16-9-10-17-18(11-16)27-12(2)19(20(17)23)14-5-7-15(22)8-6-14/h5-11,13H,4H2,1-3H3. The summed E-state index contributed by atoms with van der Waals surface area (Å²) in [6.07, 6.45) is -0.753. The van der Waals surface area contributed by atoms with Crippen molar-refractivity contribution in [2.24, 2.45) is 0 Å². The van der Waals surface area contributed by atoms with Gasteiger partial charge >= 0.3 is 5.97 Å². The number of carbonyl (C=O) groups excluding carboxylic acids is 1. The van der Waals surface area contributed by atoms with Gasteiger partial charge in [-0.3, -0.25) is 4.79 Å². The van der Waals surface area contributed by atoms with E-state index in [9.17, 15) is 9.59 Å². The highest BCUT2D eigenvalue weighted by Crippen LogP contribution is 2.27. The topological polar surface area (TPSA) is 65.7 Å². The number of fused-ring (bicyclic) bond motifs is 1. The van der Waals surface area contributed by atoms with Crippen LogP contribution in [0.1, 0.15) is 19.6 Å². The molecule has 1 aromatic heterocycles. The van der Waals surface area contributed by atoms with E-state index in [1.807, 2.05) is 24.3 Å². The van der Waals surface area contributed by atoms with Gasteiger partial charge in [0.05, 0.1) is 17.6 Å². The number of halogens is 1. The number of esters is 1. The number of aryl methyl sites for hydroxylation is 1. The van der Waals surface area contributed by atoms with Crippen LogP contribution in [0.15, 0.2) is 56.1 Å². The van der Waals surface area contributed by atoms with Crippen molar-refractivity contribution >= 4 is 32.9 Å². The van der Waals surface area contributed by atoms with Gasteiger partial charge in [0.2, 0.25) is 5.43 Å². The molecular formula is C21H19BrO5. The van der Waals surface area contributed by atoms with Crippen LogP contribution in [0, 0.1) is 6.92 Å².